The minimum absolute atomic E-state index is 0.273. The lowest BCUT2D eigenvalue weighted by molar-refractivity contribution is 0.502. The summed E-state index contributed by atoms with van der Waals surface area (Å²) in [4.78, 5) is 4.25. The molecule has 0 spiro atoms. The van der Waals surface area contributed by atoms with Gasteiger partial charge in [-0.05, 0) is 16.7 Å². The van der Waals surface area contributed by atoms with E-state index in [-0.39, 0.29) is 5.41 Å². The fourth-order valence-corrected chi connectivity index (χ4v) is 3.60. The molecule has 122 valence electrons. The van der Waals surface area contributed by atoms with Crippen molar-refractivity contribution in [2.45, 2.75) is 12.0 Å². The van der Waals surface area contributed by atoms with Gasteiger partial charge in [-0.2, -0.15) is 0 Å². The summed E-state index contributed by atoms with van der Waals surface area (Å²) in [5.74, 6) is 0. The van der Waals surface area contributed by atoms with Gasteiger partial charge in [0.15, 0.2) is 0 Å². The second-order valence-corrected chi connectivity index (χ2v) is 6.24. The van der Waals surface area contributed by atoms with E-state index >= 15 is 0 Å². The molecule has 0 aliphatic carbocycles. The largest absolute Gasteiger partial charge is 0.336 e. The maximum absolute atomic E-state index is 4.25. The van der Waals surface area contributed by atoms with Crippen LogP contribution in [0.5, 0.6) is 0 Å². The molecule has 0 saturated carbocycles. The van der Waals surface area contributed by atoms with Gasteiger partial charge in [0.1, 0.15) is 0 Å². The quantitative estimate of drug-likeness (QED) is 0.477. The molecule has 25 heavy (non-hydrogen) atoms. The maximum atomic E-state index is 4.25. The molecule has 1 aromatic heterocycles. The molecule has 3 aromatic carbocycles. The zero-order valence-electron chi connectivity index (χ0n) is 14.0. The molecule has 0 unspecified atom stereocenters. The fraction of sp³-hybridized carbons (Fsp3) is 0.0870. The number of hydrogen-bond acceptors (Lipinski definition) is 1. The molecule has 2 heteroatoms. The summed E-state index contributed by atoms with van der Waals surface area (Å²) in [7, 11) is 0. The Morgan fingerprint density at radius 2 is 1.08 bits per heavy atom. The first-order valence-corrected chi connectivity index (χ1v) is 8.52. The topological polar surface area (TPSA) is 17.8 Å². The van der Waals surface area contributed by atoms with Crippen molar-refractivity contribution in [1.82, 2.24) is 9.55 Å². The molecule has 1 heterocycles. The molecule has 4 aromatic rings. The van der Waals surface area contributed by atoms with Crippen LogP contribution in [0.25, 0.3) is 0 Å². The molecule has 4 rings (SSSR count). The summed E-state index contributed by atoms with van der Waals surface area (Å²) in [5.41, 5.74) is 3.56. The average molecular weight is 324 g/mol. The van der Waals surface area contributed by atoms with Crippen molar-refractivity contribution in [1.29, 1.82) is 0 Å². The molecule has 0 fully saturated rings. The van der Waals surface area contributed by atoms with Crippen molar-refractivity contribution in [3.05, 3.63) is 126 Å². The van der Waals surface area contributed by atoms with E-state index in [1.807, 2.05) is 18.7 Å². The third kappa shape index (κ3) is 2.87. The molecule has 0 bridgehead atoms. The number of nitrogens with zero attached hydrogens (tertiary/aromatic N) is 2. The van der Waals surface area contributed by atoms with Gasteiger partial charge < -0.3 is 4.57 Å². The van der Waals surface area contributed by atoms with Gasteiger partial charge in [0, 0.05) is 18.9 Å². The normalized spacial score (nSPS) is 11.4. The number of benzene rings is 3. The molecule has 2 nitrogen and oxygen atoms in total. The Bertz CT molecular complexity index is 802. The van der Waals surface area contributed by atoms with Crippen LogP contribution >= 0.6 is 0 Å². The maximum Gasteiger partial charge on any atom is 0.0946 e. The minimum atomic E-state index is -0.273. The zero-order chi connectivity index (χ0) is 17.0. The van der Waals surface area contributed by atoms with Crippen LogP contribution in [-0.2, 0) is 12.0 Å². The Labute approximate surface area is 148 Å². The fourth-order valence-electron chi connectivity index (χ4n) is 3.60. The van der Waals surface area contributed by atoms with Gasteiger partial charge in [-0.3, -0.25) is 0 Å². The van der Waals surface area contributed by atoms with Crippen LogP contribution in [0.3, 0.4) is 0 Å². The SMILES string of the molecule is c1ccc(C(Cn2ccnc2)(c2ccccc2)c2ccccc2)cc1. The third-order valence-electron chi connectivity index (χ3n) is 4.78. The van der Waals surface area contributed by atoms with Crippen LogP contribution < -0.4 is 0 Å². The van der Waals surface area contributed by atoms with Gasteiger partial charge in [0.2, 0.25) is 0 Å². The van der Waals surface area contributed by atoms with E-state index in [1.54, 1.807) is 0 Å². The smallest absolute Gasteiger partial charge is 0.0946 e. The number of imidazole rings is 1. The molecule has 0 atom stereocenters. The van der Waals surface area contributed by atoms with E-state index < -0.39 is 0 Å². The Morgan fingerprint density at radius 1 is 0.640 bits per heavy atom. The van der Waals surface area contributed by atoms with E-state index in [9.17, 15) is 0 Å². The first-order valence-electron chi connectivity index (χ1n) is 8.52. The van der Waals surface area contributed by atoms with Crippen molar-refractivity contribution in [3.8, 4) is 0 Å². The minimum Gasteiger partial charge on any atom is -0.336 e. The summed E-state index contributed by atoms with van der Waals surface area (Å²) < 4.78 is 2.16. The zero-order valence-corrected chi connectivity index (χ0v) is 14.0. The monoisotopic (exact) mass is 324 g/mol. The van der Waals surface area contributed by atoms with Crippen molar-refractivity contribution >= 4 is 0 Å². The molecule has 0 amide bonds. The molecule has 0 radical (unpaired) electrons. The Balaban J connectivity index is 2.01. The van der Waals surface area contributed by atoms with Gasteiger partial charge >= 0.3 is 0 Å². The van der Waals surface area contributed by atoms with E-state index in [4.69, 9.17) is 0 Å². The van der Waals surface area contributed by atoms with Crippen molar-refractivity contribution < 1.29 is 0 Å². The molecular formula is C23H20N2. The standard InChI is InChI=1S/C23H20N2/c1-4-10-20(11-5-1)23(18-25-17-16-24-19-25,21-12-6-2-7-13-21)22-14-8-3-9-15-22/h1-17,19H,18H2. The number of rotatable bonds is 5. The van der Waals surface area contributed by atoms with Crippen LogP contribution in [0.1, 0.15) is 16.7 Å². The van der Waals surface area contributed by atoms with Crippen molar-refractivity contribution in [3.63, 3.8) is 0 Å². The van der Waals surface area contributed by atoms with Crippen molar-refractivity contribution in [2.75, 3.05) is 0 Å². The lowest BCUT2D eigenvalue weighted by atomic mass is 9.69. The summed E-state index contributed by atoms with van der Waals surface area (Å²) in [6.07, 6.45) is 5.76. The predicted octanol–water partition coefficient (Wildman–Crippen LogP) is 4.92. The van der Waals surface area contributed by atoms with E-state index in [1.165, 1.54) is 16.7 Å². The highest BCUT2D eigenvalue weighted by Crippen LogP contribution is 2.40. The second-order valence-electron chi connectivity index (χ2n) is 6.24. The summed E-state index contributed by atoms with van der Waals surface area (Å²) in [6.45, 7) is 0.797. The predicted molar refractivity (Wildman–Crippen MR) is 101 cm³/mol. The molecule has 0 aliphatic heterocycles. The average Bonchev–Trinajstić information content (AvgIpc) is 3.21. The lowest BCUT2D eigenvalue weighted by Crippen LogP contribution is -2.34. The highest BCUT2D eigenvalue weighted by molar-refractivity contribution is 5.50. The van der Waals surface area contributed by atoms with Crippen LogP contribution in [-0.4, -0.2) is 9.55 Å². The molecule has 0 N–H and O–H groups in total. The Kier molecular flexibility index (Phi) is 4.17. The Hall–Kier alpha value is -3.13. The van der Waals surface area contributed by atoms with Crippen LogP contribution in [0, 0.1) is 0 Å². The van der Waals surface area contributed by atoms with Crippen molar-refractivity contribution in [2.24, 2.45) is 0 Å². The molecule has 0 aliphatic rings. The third-order valence-corrected chi connectivity index (χ3v) is 4.78. The highest BCUT2D eigenvalue weighted by atomic mass is 15.0. The van der Waals surface area contributed by atoms with Gasteiger partial charge in [0.25, 0.3) is 0 Å². The van der Waals surface area contributed by atoms with E-state index in [2.05, 4.69) is 101 Å². The van der Waals surface area contributed by atoms with Gasteiger partial charge in [0.05, 0.1) is 11.7 Å². The van der Waals surface area contributed by atoms with E-state index in [0.717, 1.165) is 6.54 Å². The van der Waals surface area contributed by atoms with Crippen LogP contribution in [0.2, 0.25) is 0 Å². The Morgan fingerprint density at radius 3 is 1.44 bits per heavy atom. The highest BCUT2D eigenvalue weighted by Gasteiger charge is 2.36. The summed E-state index contributed by atoms with van der Waals surface area (Å²) >= 11 is 0. The van der Waals surface area contributed by atoms with E-state index in [0.29, 0.717) is 0 Å². The van der Waals surface area contributed by atoms with Gasteiger partial charge in [-0.25, -0.2) is 4.98 Å². The van der Waals surface area contributed by atoms with Crippen LogP contribution in [0.15, 0.2) is 110 Å². The van der Waals surface area contributed by atoms with Gasteiger partial charge in [-0.1, -0.05) is 91.0 Å². The number of aromatic nitrogens is 2. The molecule has 0 saturated heterocycles. The summed E-state index contributed by atoms with van der Waals surface area (Å²) in [6, 6.07) is 32.2. The number of hydrogen-bond donors (Lipinski definition) is 0. The van der Waals surface area contributed by atoms with Gasteiger partial charge in [-0.15, -0.1) is 0 Å². The second kappa shape index (κ2) is 6.78. The first kappa shape index (κ1) is 15.4. The lowest BCUT2D eigenvalue weighted by Gasteiger charge is -2.36. The molecular weight excluding hydrogens is 304 g/mol. The first-order chi connectivity index (χ1) is 12.4. The van der Waals surface area contributed by atoms with Crippen LogP contribution in [0.4, 0.5) is 0 Å². The summed E-state index contributed by atoms with van der Waals surface area (Å²) in [5, 5.41) is 0.